The van der Waals surface area contributed by atoms with Crippen molar-refractivity contribution >= 4 is 23.6 Å². The summed E-state index contributed by atoms with van der Waals surface area (Å²) >= 11 is 5.79. The highest BCUT2D eigenvalue weighted by Crippen LogP contribution is 2.35. The average molecular weight is 292 g/mol. The van der Waals surface area contributed by atoms with E-state index in [9.17, 15) is 14.9 Å². The lowest BCUT2D eigenvalue weighted by Crippen LogP contribution is -1.97. The Kier molecular flexibility index (Phi) is 4.00. The number of para-hydroxylation sites is 1. The molecule has 0 aliphatic carbocycles. The molecule has 0 aliphatic rings. The summed E-state index contributed by atoms with van der Waals surface area (Å²) < 4.78 is 5.55. The molecule has 5 nitrogen and oxygen atoms in total. The fourth-order valence-corrected chi connectivity index (χ4v) is 1.91. The number of nitro groups is 1. The Morgan fingerprint density at radius 2 is 2.05 bits per heavy atom. The maximum absolute atomic E-state index is 11.0. The highest BCUT2D eigenvalue weighted by molar-refractivity contribution is 6.30. The summed E-state index contributed by atoms with van der Waals surface area (Å²) in [6.07, 6.45) is 0.589. The fraction of sp³-hybridized carbons (Fsp3) is 0.0714. The van der Waals surface area contributed by atoms with E-state index in [2.05, 4.69) is 0 Å². The van der Waals surface area contributed by atoms with Crippen LogP contribution in [0.2, 0.25) is 5.02 Å². The van der Waals surface area contributed by atoms with E-state index in [1.165, 1.54) is 18.2 Å². The molecule has 0 saturated heterocycles. The molecule has 0 aromatic heterocycles. The van der Waals surface area contributed by atoms with Crippen LogP contribution in [0.25, 0.3) is 0 Å². The molecular weight excluding hydrogens is 282 g/mol. The highest BCUT2D eigenvalue weighted by Gasteiger charge is 2.19. The van der Waals surface area contributed by atoms with Crippen LogP contribution in [0.4, 0.5) is 5.69 Å². The smallest absolute Gasteiger partial charge is 0.311 e. The molecule has 0 atom stereocenters. The second-order valence-corrected chi connectivity index (χ2v) is 4.52. The largest absolute Gasteiger partial charge is 0.449 e. The normalized spacial score (nSPS) is 10.1. The molecular formula is C14H10ClNO4. The third-order valence-electron chi connectivity index (χ3n) is 2.70. The molecule has 0 heterocycles. The van der Waals surface area contributed by atoms with Gasteiger partial charge < -0.3 is 4.74 Å². The summed E-state index contributed by atoms with van der Waals surface area (Å²) in [6.45, 7) is 1.69. The van der Waals surface area contributed by atoms with Crippen LogP contribution in [-0.2, 0) is 0 Å². The first-order valence-corrected chi connectivity index (χ1v) is 6.07. The Morgan fingerprint density at radius 3 is 2.70 bits per heavy atom. The van der Waals surface area contributed by atoms with E-state index < -0.39 is 4.92 Å². The molecule has 20 heavy (non-hydrogen) atoms. The van der Waals surface area contributed by atoms with Gasteiger partial charge in [0.2, 0.25) is 5.75 Å². The third-order valence-corrected chi connectivity index (χ3v) is 2.93. The van der Waals surface area contributed by atoms with E-state index in [1.54, 1.807) is 25.1 Å². The first-order chi connectivity index (χ1) is 9.52. The molecule has 0 radical (unpaired) electrons. The third kappa shape index (κ3) is 2.78. The zero-order chi connectivity index (χ0) is 14.7. The van der Waals surface area contributed by atoms with Gasteiger partial charge in [0.05, 0.1) is 10.5 Å². The lowest BCUT2D eigenvalue weighted by molar-refractivity contribution is -0.385. The van der Waals surface area contributed by atoms with Crippen molar-refractivity contribution in [2.75, 3.05) is 0 Å². The molecule has 2 rings (SSSR count). The Labute approximate surface area is 119 Å². The summed E-state index contributed by atoms with van der Waals surface area (Å²) in [4.78, 5) is 21.5. The van der Waals surface area contributed by atoms with E-state index >= 15 is 0 Å². The SMILES string of the molecule is Cc1cccc([N+](=O)[O-])c1Oc1ccc(Cl)cc1C=O. The van der Waals surface area contributed by atoms with Crippen molar-refractivity contribution < 1.29 is 14.5 Å². The van der Waals surface area contributed by atoms with Gasteiger partial charge in [-0.2, -0.15) is 0 Å². The van der Waals surface area contributed by atoms with Crippen molar-refractivity contribution in [3.8, 4) is 11.5 Å². The number of hydrogen-bond acceptors (Lipinski definition) is 4. The molecule has 102 valence electrons. The van der Waals surface area contributed by atoms with Gasteiger partial charge >= 0.3 is 5.69 Å². The molecule has 0 unspecified atom stereocenters. The number of benzene rings is 2. The van der Waals surface area contributed by atoms with Crippen LogP contribution in [-0.4, -0.2) is 11.2 Å². The Hall–Kier alpha value is -2.40. The topological polar surface area (TPSA) is 69.4 Å². The summed E-state index contributed by atoms with van der Waals surface area (Å²) in [7, 11) is 0. The van der Waals surface area contributed by atoms with Gasteiger partial charge in [0.1, 0.15) is 5.75 Å². The highest BCUT2D eigenvalue weighted by atomic mass is 35.5. The molecule has 0 spiro atoms. The minimum atomic E-state index is -0.529. The van der Waals surface area contributed by atoms with Gasteiger partial charge in [0.25, 0.3) is 0 Å². The second-order valence-electron chi connectivity index (χ2n) is 4.08. The number of rotatable bonds is 4. The fourth-order valence-electron chi connectivity index (χ4n) is 1.73. The van der Waals surface area contributed by atoms with Crippen molar-refractivity contribution in [2.45, 2.75) is 6.92 Å². The number of aryl methyl sites for hydroxylation is 1. The van der Waals surface area contributed by atoms with Crippen molar-refractivity contribution in [1.29, 1.82) is 0 Å². The second kappa shape index (κ2) is 5.71. The van der Waals surface area contributed by atoms with Gasteiger partial charge in [0, 0.05) is 11.1 Å². The first kappa shape index (κ1) is 14.0. The number of aldehydes is 1. The predicted octanol–water partition coefficient (Wildman–Crippen LogP) is 4.16. The van der Waals surface area contributed by atoms with Crippen LogP contribution in [0, 0.1) is 17.0 Å². The average Bonchev–Trinajstić information content (AvgIpc) is 2.42. The van der Waals surface area contributed by atoms with E-state index in [0.29, 0.717) is 16.9 Å². The van der Waals surface area contributed by atoms with Crippen molar-refractivity contribution in [1.82, 2.24) is 0 Å². The Morgan fingerprint density at radius 1 is 1.30 bits per heavy atom. The number of ether oxygens (including phenoxy) is 1. The van der Waals surface area contributed by atoms with E-state index in [0.717, 1.165) is 0 Å². The monoisotopic (exact) mass is 291 g/mol. The Balaban J connectivity index is 2.50. The van der Waals surface area contributed by atoms with E-state index in [1.807, 2.05) is 0 Å². The lowest BCUT2D eigenvalue weighted by Gasteiger charge is -2.10. The van der Waals surface area contributed by atoms with Crippen LogP contribution >= 0.6 is 11.6 Å². The molecule has 0 N–H and O–H groups in total. The zero-order valence-electron chi connectivity index (χ0n) is 10.5. The molecule has 2 aromatic carbocycles. The molecule has 0 saturated carbocycles. The quantitative estimate of drug-likeness (QED) is 0.482. The first-order valence-electron chi connectivity index (χ1n) is 5.69. The minimum Gasteiger partial charge on any atom is -0.449 e. The van der Waals surface area contributed by atoms with Crippen molar-refractivity contribution in [3.05, 3.63) is 62.7 Å². The lowest BCUT2D eigenvalue weighted by atomic mass is 10.2. The van der Waals surface area contributed by atoms with E-state index in [-0.39, 0.29) is 22.7 Å². The number of hydrogen-bond donors (Lipinski definition) is 0. The maximum atomic E-state index is 11.0. The zero-order valence-corrected chi connectivity index (χ0v) is 11.3. The summed E-state index contributed by atoms with van der Waals surface area (Å²) in [6, 6.07) is 9.10. The van der Waals surface area contributed by atoms with Gasteiger partial charge in [-0.1, -0.05) is 23.7 Å². The molecule has 6 heteroatoms. The number of carbonyl (C=O) groups is 1. The molecule has 0 amide bonds. The van der Waals surface area contributed by atoms with Crippen LogP contribution in [0.3, 0.4) is 0 Å². The standard InChI is InChI=1S/C14H10ClNO4/c1-9-3-2-4-12(16(18)19)14(9)20-13-6-5-11(15)7-10(13)8-17/h2-8H,1H3. The minimum absolute atomic E-state index is 0.114. The maximum Gasteiger partial charge on any atom is 0.311 e. The number of nitro benzene ring substituents is 1. The molecule has 0 aliphatic heterocycles. The summed E-state index contributed by atoms with van der Waals surface area (Å²) in [5.74, 6) is 0.338. The molecule has 2 aromatic rings. The van der Waals surface area contributed by atoms with Gasteiger partial charge in [-0.05, 0) is 30.7 Å². The van der Waals surface area contributed by atoms with E-state index in [4.69, 9.17) is 16.3 Å². The summed E-state index contributed by atoms with van der Waals surface area (Å²) in [5, 5.41) is 11.4. The predicted molar refractivity (Wildman–Crippen MR) is 74.7 cm³/mol. The number of nitrogens with zero attached hydrogens (tertiary/aromatic N) is 1. The van der Waals surface area contributed by atoms with Gasteiger partial charge in [-0.3, -0.25) is 14.9 Å². The van der Waals surface area contributed by atoms with Crippen molar-refractivity contribution in [2.24, 2.45) is 0 Å². The van der Waals surface area contributed by atoms with Crippen LogP contribution in [0.15, 0.2) is 36.4 Å². The Bertz CT molecular complexity index is 685. The molecule has 0 fully saturated rings. The van der Waals surface area contributed by atoms with Crippen LogP contribution < -0.4 is 4.74 Å². The van der Waals surface area contributed by atoms with Crippen LogP contribution in [0.5, 0.6) is 11.5 Å². The van der Waals surface area contributed by atoms with Gasteiger partial charge in [-0.15, -0.1) is 0 Å². The van der Waals surface area contributed by atoms with Crippen molar-refractivity contribution in [3.63, 3.8) is 0 Å². The van der Waals surface area contributed by atoms with Gasteiger partial charge in [0.15, 0.2) is 6.29 Å². The number of halogens is 1. The molecule has 0 bridgehead atoms. The summed E-state index contributed by atoms with van der Waals surface area (Å²) in [5.41, 5.74) is 0.679. The number of carbonyl (C=O) groups excluding carboxylic acids is 1. The van der Waals surface area contributed by atoms with Gasteiger partial charge in [-0.25, -0.2) is 0 Å². The van der Waals surface area contributed by atoms with Crippen LogP contribution in [0.1, 0.15) is 15.9 Å².